The second kappa shape index (κ2) is 8.99. The summed E-state index contributed by atoms with van der Waals surface area (Å²) in [7, 11) is 0. The smallest absolute Gasteiger partial charge is 0.237 e. The standard InChI is InChI=1S/C20H37N5OS/c1-12(8-18-25-21-11-27-18)15-4-3-5-16(10-15)23-20(26)17-9-13(2)22-19(24-17)14-6-7-14/h12-19,21-22,24-25H,3-11H2,1-2H3,(H,23,26)/t12-,13?,15?,16?,17?,18?,19?/m1/s1. The molecule has 2 aliphatic heterocycles. The Balaban J connectivity index is 1.26. The number of carbonyl (C=O) groups excluding carboxylic acids is 1. The van der Waals surface area contributed by atoms with Crippen molar-refractivity contribution in [1.29, 1.82) is 0 Å². The third kappa shape index (κ3) is 5.38. The number of carbonyl (C=O) groups is 1. The Morgan fingerprint density at radius 3 is 2.78 bits per heavy atom. The normalized spacial score (nSPS) is 41.3. The average molecular weight is 396 g/mol. The molecular weight excluding hydrogens is 358 g/mol. The summed E-state index contributed by atoms with van der Waals surface area (Å²) in [6.45, 7) is 4.60. The SMILES string of the molecule is CC1CC(C(=O)NC2CCCC([C@H](C)CC3NNCS3)C2)NC(C2CC2)N1. The van der Waals surface area contributed by atoms with Gasteiger partial charge in [0.1, 0.15) is 0 Å². The first kappa shape index (κ1) is 20.0. The van der Waals surface area contributed by atoms with Gasteiger partial charge in [-0.05, 0) is 63.2 Å². The molecule has 0 radical (unpaired) electrons. The second-order valence-electron chi connectivity index (χ2n) is 9.30. The highest BCUT2D eigenvalue weighted by molar-refractivity contribution is 8.00. The van der Waals surface area contributed by atoms with Gasteiger partial charge < -0.3 is 5.32 Å². The topological polar surface area (TPSA) is 77.2 Å². The number of hydrogen-bond acceptors (Lipinski definition) is 6. The summed E-state index contributed by atoms with van der Waals surface area (Å²) >= 11 is 1.97. The summed E-state index contributed by atoms with van der Waals surface area (Å²) in [6.07, 6.45) is 9.83. The molecule has 27 heavy (non-hydrogen) atoms. The van der Waals surface area contributed by atoms with Gasteiger partial charge in [-0.25, -0.2) is 10.9 Å². The second-order valence-corrected chi connectivity index (χ2v) is 10.5. The summed E-state index contributed by atoms with van der Waals surface area (Å²) in [5.41, 5.74) is 6.58. The van der Waals surface area contributed by atoms with E-state index in [1.54, 1.807) is 0 Å². The molecule has 0 bridgehead atoms. The first-order valence-electron chi connectivity index (χ1n) is 11.0. The van der Waals surface area contributed by atoms with Crippen molar-refractivity contribution in [2.75, 3.05) is 5.88 Å². The summed E-state index contributed by atoms with van der Waals surface area (Å²) in [6, 6.07) is 0.735. The maximum absolute atomic E-state index is 12.9. The zero-order valence-electron chi connectivity index (χ0n) is 16.8. The van der Waals surface area contributed by atoms with Crippen molar-refractivity contribution in [3.63, 3.8) is 0 Å². The van der Waals surface area contributed by atoms with E-state index in [2.05, 4.69) is 40.6 Å². The van der Waals surface area contributed by atoms with E-state index in [9.17, 15) is 4.79 Å². The Morgan fingerprint density at radius 1 is 1.19 bits per heavy atom. The largest absolute Gasteiger partial charge is 0.352 e. The van der Waals surface area contributed by atoms with Crippen LogP contribution in [0.25, 0.3) is 0 Å². The minimum Gasteiger partial charge on any atom is -0.352 e. The lowest BCUT2D eigenvalue weighted by molar-refractivity contribution is -0.125. The zero-order valence-corrected chi connectivity index (χ0v) is 17.6. The van der Waals surface area contributed by atoms with E-state index in [0.717, 1.165) is 37.0 Å². The maximum atomic E-state index is 12.9. The molecule has 0 aromatic carbocycles. The van der Waals surface area contributed by atoms with Gasteiger partial charge in [0.15, 0.2) is 0 Å². The predicted molar refractivity (Wildman–Crippen MR) is 111 cm³/mol. The monoisotopic (exact) mass is 395 g/mol. The van der Waals surface area contributed by atoms with Crippen molar-refractivity contribution in [2.24, 2.45) is 17.8 Å². The minimum absolute atomic E-state index is 0.0326. The van der Waals surface area contributed by atoms with E-state index in [-0.39, 0.29) is 11.9 Å². The molecule has 6 unspecified atom stereocenters. The van der Waals surface area contributed by atoms with E-state index in [1.807, 2.05) is 11.8 Å². The molecule has 0 aromatic heterocycles. The maximum Gasteiger partial charge on any atom is 0.237 e. The van der Waals surface area contributed by atoms with Crippen LogP contribution in [0.4, 0.5) is 0 Å². The van der Waals surface area contributed by atoms with Crippen LogP contribution in [0.15, 0.2) is 0 Å². The van der Waals surface area contributed by atoms with Crippen LogP contribution in [-0.4, -0.2) is 41.4 Å². The lowest BCUT2D eigenvalue weighted by Gasteiger charge is -2.38. The molecule has 4 rings (SSSR count). The third-order valence-electron chi connectivity index (χ3n) is 6.92. The molecule has 0 spiro atoms. The molecule has 4 aliphatic rings. The molecule has 5 N–H and O–H groups in total. The molecule has 154 valence electrons. The van der Waals surface area contributed by atoms with Crippen LogP contribution < -0.4 is 26.8 Å². The van der Waals surface area contributed by atoms with Crippen molar-refractivity contribution >= 4 is 17.7 Å². The number of hydrazine groups is 1. The molecule has 2 heterocycles. The van der Waals surface area contributed by atoms with Crippen LogP contribution in [0.1, 0.15) is 65.2 Å². The molecule has 2 saturated heterocycles. The molecule has 6 nitrogen and oxygen atoms in total. The van der Waals surface area contributed by atoms with Gasteiger partial charge in [0.25, 0.3) is 0 Å². The zero-order chi connectivity index (χ0) is 18.8. The van der Waals surface area contributed by atoms with Crippen molar-refractivity contribution in [1.82, 2.24) is 26.8 Å². The van der Waals surface area contributed by atoms with E-state index in [4.69, 9.17) is 0 Å². The highest BCUT2D eigenvalue weighted by Crippen LogP contribution is 2.35. The number of rotatable bonds is 6. The Kier molecular flexibility index (Phi) is 6.64. The van der Waals surface area contributed by atoms with E-state index in [0.29, 0.717) is 29.5 Å². The summed E-state index contributed by atoms with van der Waals surface area (Å²) in [4.78, 5) is 12.9. The quantitative estimate of drug-likeness (QED) is 0.473. The third-order valence-corrected chi connectivity index (χ3v) is 7.94. The number of thioether (sulfide) groups is 1. The van der Waals surface area contributed by atoms with Gasteiger partial charge in [0, 0.05) is 12.1 Å². The van der Waals surface area contributed by atoms with Gasteiger partial charge in [0.2, 0.25) is 5.91 Å². The van der Waals surface area contributed by atoms with Crippen LogP contribution in [0.5, 0.6) is 0 Å². The van der Waals surface area contributed by atoms with Crippen LogP contribution in [0.3, 0.4) is 0 Å². The summed E-state index contributed by atoms with van der Waals surface area (Å²) < 4.78 is 0. The fourth-order valence-electron chi connectivity index (χ4n) is 5.12. The summed E-state index contributed by atoms with van der Waals surface area (Å²) in [5, 5.41) is 11.1. The predicted octanol–water partition coefficient (Wildman–Crippen LogP) is 1.89. The van der Waals surface area contributed by atoms with E-state index in [1.165, 1.54) is 32.1 Å². The van der Waals surface area contributed by atoms with E-state index < -0.39 is 0 Å². The highest BCUT2D eigenvalue weighted by atomic mass is 32.2. The van der Waals surface area contributed by atoms with E-state index >= 15 is 0 Å². The first-order chi connectivity index (χ1) is 13.1. The Hall–Kier alpha value is -0.340. The molecular formula is C20H37N5OS. The van der Waals surface area contributed by atoms with Crippen LogP contribution in [-0.2, 0) is 4.79 Å². The average Bonchev–Trinajstić information content (AvgIpc) is 3.39. The van der Waals surface area contributed by atoms with Crippen LogP contribution >= 0.6 is 11.8 Å². The van der Waals surface area contributed by atoms with Crippen molar-refractivity contribution < 1.29 is 4.79 Å². The van der Waals surface area contributed by atoms with Crippen molar-refractivity contribution in [3.05, 3.63) is 0 Å². The van der Waals surface area contributed by atoms with Gasteiger partial charge >= 0.3 is 0 Å². The minimum atomic E-state index is -0.0326. The lowest BCUT2D eigenvalue weighted by atomic mass is 9.77. The summed E-state index contributed by atoms with van der Waals surface area (Å²) in [5.74, 6) is 3.38. The van der Waals surface area contributed by atoms with Gasteiger partial charge in [-0.15, -0.1) is 11.8 Å². The number of hydrogen-bond donors (Lipinski definition) is 5. The van der Waals surface area contributed by atoms with Crippen molar-refractivity contribution in [3.8, 4) is 0 Å². The van der Waals surface area contributed by atoms with Crippen LogP contribution in [0, 0.1) is 17.8 Å². The van der Waals surface area contributed by atoms with Crippen molar-refractivity contribution in [2.45, 2.75) is 94.9 Å². The van der Waals surface area contributed by atoms with Crippen LogP contribution in [0.2, 0.25) is 0 Å². The van der Waals surface area contributed by atoms with Gasteiger partial charge in [-0.1, -0.05) is 19.8 Å². The Labute approximate surface area is 168 Å². The van der Waals surface area contributed by atoms with Gasteiger partial charge in [-0.2, -0.15) is 0 Å². The number of nitrogens with one attached hydrogen (secondary N) is 5. The molecule has 2 aliphatic carbocycles. The molecule has 7 heteroatoms. The fraction of sp³-hybridized carbons (Fsp3) is 0.950. The lowest BCUT2D eigenvalue weighted by Crippen LogP contribution is -2.63. The van der Waals surface area contributed by atoms with Gasteiger partial charge in [-0.3, -0.25) is 15.4 Å². The molecule has 0 aromatic rings. The first-order valence-corrected chi connectivity index (χ1v) is 12.1. The van der Waals surface area contributed by atoms with Gasteiger partial charge in [0.05, 0.1) is 23.5 Å². The number of amides is 1. The Bertz CT molecular complexity index is 511. The highest BCUT2D eigenvalue weighted by Gasteiger charge is 2.39. The molecule has 1 amide bonds. The Morgan fingerprint density at radius 2 is 2.04 bits per heavy atom. The molecule has 7 atom stereocenters. The molecule has 4 fully saturated rings. The molecule has 2 saturated carbocycles. The fourth-order valence-corrected chi connectivity index (χ4v) is 6.09.